The Bertz CT molecular complexity index is 824. The smallest absolute Gasteiger partial charge is 0.314 e. The van der Waals surface area contributed by atoms with Crippen LogP contribution in [0.2, 0.25) is 0 Å². The van der Waals surface area contributed by atoms with Gasteiger partial charge in [-0.15, -0.1) is 11.3 Å². The molecule has 0 saturated carbocycles. The number of ether oxygens (including phenoxy) is 1. The van der Waals surface area contributed by atoms with Crippen molar-refractivity contribution < 1.29 is 14.8 Å². The van der Waals surface area contributed by atoms with Crippen LogP contribution in [0.3, 0.4) is 0 Å². The van der Waals surface area contributed by atoms with E-state index < -0.39 is 4.92 Å². The third kappa shape index (κ3) is 2.24. The summed E-state index contributed by atoms with van der Waals surface area (Å²) in [7, 11) is 0. The molecule has 2 aromatic heterocycles. The normalized spacial score (nSPS) is 11.0. The summed E-state index contributed by atoms with van der Waals surface area (Å²) in [5.41, 5.74) is 0.865. The Morgan fingerprint density at radius 2 is 2.33 bits per heavy atom. The lowest BCUT2D eigenvalue weighted by Crippen LogP contribution is -1.98. The van der Waals surface area contributed by atoms with Crippen LogP contribution in [-0.4, -0.2) is 19.4 Å². The summed E-state index contributed by atoms with van der Waals surface area (Å²) in [6, 6.07) is 4.83. The summed E-state index contributed by atoms with van der Waals surface area (Å²) in [5.74, 6) is 0.290. The number of nitro groups is 1. The summed E-state index contributed by atoms with van der Waals surface area (Å²) in [6.45, 7) is 1.37. The summed E-state index contributed by atoms with van der Waals surface area (Å²) >= 11 is 1.39. The van der Waals surface area contributed by atoms with E-state index in [0.717, 1.165) is 0 Å². The molecule has 21 heavy (non-hydrogen) atoms. The van der Waals surface area contributed by atoms with Gasteiger partial charge in [-0.05, 0) is 13.0 Å². The topological polar surface area (TPSA) is 89.9 Å². The number of aryl methyl sites for hydroxylation is 1. The van der Waals surface area contributed by atoms with E-state index in [4.69, 9.17) is 4.74 Å². The number of nitrogens with zero attached hydrogens (tertiary/aromatic N) is 3. The number of aliphatic hydroxyl groups excluding tert-OH is 1. The van der Waals surface area contributed by atoms with Crippen LogP contribution in [0, 0.1) is 17.0 Å². The average molecular weight is 305 g/mol. The van der Waals surface area contributed by atoms with Crippen molar-refractivity contribution in [1.82, 2.24) is 9.38 Å². The highest BCUT2D eigenvalue weighted by Crippen LogP contribution is 2.35. The number of benzene rings is 1. The zero-order chi connectivity index (χ0) is 15.0. The first kappa shape index (κ1) is 13.5. The van der Waals surface area contributed by atoms with Crippen molar-refractivity contribution in [2.24, 2.45) is 0 Å². The molecule has 0 aliphatic heterocycles. The van der Waals surface area contributed by atoms with E-state index in [9.17, 15) is 15.2 Å². The Kier molecular flexibility index (Phi) is 3.32. The van der Waals surface area contributed by atoms with Gasteiger partial charge in [0.05, 0.1) is 11.5 Å². The molecule has 0 spiro atoms. The second-order valence-electron chi connectivity index (χ2n) is 4.36. The highest BCUT2D eigenvalue weighted by atomic mass is 32.1. The number of rotatable bonds is 4. The van der Waals surface area contributed by atoms with Crippen molar-refractivity contribution in [3.63, 3.8) is 0 Å². The van der Waals surface area contributed by atoms with E-state index in [1.807, 2.05) is 5.38 Å². The number of thiazole rings is 1. The third-order valence-corrected chi connectivity index (χ3v) is 3.82. The first-order chi connectivity index (χ1) is 10.1. The van der Waals surface area contributed by atoms with Gasteiger partial charge in [0.25, 0.3) is 0 Å². The molecule has 0 atom stereocenters. The van der Waals surface area contributed by atoms with Crippen LogP contribution < -0.4 is 4.74 Å². The van der Waals surface area contributed by atoms with Crippen LogP contribution in [0.1, 0.15) is 11.3 Å². The second-order valence-corrected chi connectivity index (χ2v) is 5.23. The van der Waals surface area contributed by atoms with E-state index in [1.165, 1.54) is 17.4 Å². The van der Waals surface area contributed by atoms with E-state index in [1.54, 1.807) is 29.7 Å². The number of aliphatic hydroxyl groups is 1. The average Bonchev–Trinajstić information content (AvgIpc) is 2.98. The Morgan fingerprint density at radius 1 is 1.52 bits per heavy atom. The fraction of sp³-hybridized carbons (Fsp3) is 0.154. The maximum Gasteiger partial charge on any atom is 0.314 e. The number of aromatic nitrogens is 2. The van der Waals surface area contributed by atoms with Gasteiger partial charge in [0.1, 0.15) is 5.69 Å². The molecule has 3 rings (SSSR count). The maximum absolute atomic E-state index is 11.2. The molecule has 8 heteroatoms. The molecule has 0 unspecified atom stereocenters. The minimum atomic E-state index is -0.484. The Morgan fingerprint density at radius 3 is 3.05 bits per heavy atom. The molecular weight excluding hydrogens is 294 g/mol. The fourth-order valence-corrected chi connectivity index (χ4v) is 2.82. The van der Waals surface area contributed by atoms with Crippen molar-refractivity contribution in [2.45, 2.75) is 13.5 Å². The first-order valence-electron chi connectivity index (χ1n) is 6.09. The molecule has 7 nitrogen and oxygen atoms in total. The molecule has 0 saturated heterocycles. The maximum atomic E-state index is 11.2. The molecule has 0 fully saturated rings. The van der Waals surface area contributed by atoms with Gasteiger partial charge in [-0.25, -0.2) is 0 Å². The van der Waals surface area contributed by atoms with Crippen LogP contribution in [0.4, 0.5) is 5.69 Å². The number of hydrogen-bond acceptors (Lipinski definition) is 6. The quantitative estimate of drug-likeness (QED) is 0.591. The lowest BCUT2D eigenvalue weighted by molar-refractivity contribution is -0.386. The molecule has 0 bridgehead atoms. The zero-order valence-electron chi connectivity index (χ0n) is 11.0. The monoisotopic (exact) mass is 305 g/mol. The van der Waals surface area contributed by atoms with Gasteiger partial charge >= 0.3 is 5.69 Å². The van der Waals surface area contributed by atoms with Crippen molar-refractivity contribution in [1.29, 1.82) is 0 Å². The summed E-state index contributed by atoms with van der Waals surface area (Å²) in [4.78, 5) is 15.6. The second kappa shape index (κ2) is 5.15. The van der Waals surface area contributed by atoms with Crippen molar-refractivity contribution in [3.8, 4) is 11.6 Å². The summed E-state index contributed by atoms with van der Waals surface area (Å²) in [6.07, 6.45) is 1.76. The molecular formula is C13H11N3O4S. The largest absolute Gasteiger partial charge is 0.430 e. The Labute approximate surface area is 123 Å². The van der Waals surface area contributed by atoms with E-state index >= 15 is 0 Å². The molecule has 0 radical (unpaired) electrons. The van der Waals surface area contributed by atoms with Gasteiger partial charge in [0.2, 0.25) is 11.6 Å². The number of fused-ring (bicyclic) bond motifs is 1. The van der Waals surface area contributed by atoms with Crippen molar-refractivity contribution in [2.75, 3.05) is 0 Å². The van der Waals surface area contributed by atoms with Crippen LogP contribution in [0.5, 0.6) is 11.6 Å². The minimum Gasteiger partial charge on any atom is -0.430 e. The van der Waals surface area contributed by atoms with Crippen LogP contribution in [0.25, 0.3) is 4.96 Å². The highest BCUT2D eigenvalue weighted by molar-refractivity contribution is 7.15. The SMILES string of the molecule is Cc1cccc(Oc2nc3sccn3c2CO)c1[N+](=O)[O-]. The van der Waals surface area contributed by atoms with Gasteiger partial charge in [-0.1, -0.05) is 12.1 Å². The molecule has 3 aromatic rings. The molecule has 0 aliphatic rings. The third-order valence-electron chi connectivity index (χ3n) is 3.06. The predicted octanol–water partition coefficient (Wildman–Crippen LogP) is 2.90. The van der Waals surface area contributed by atoms with Crippen molar-refractivity contribution >= 4 is 22.0 Å². The lowest BCUT2D eigenvalue weighted by atomic mass is 10.2. The minimum absolute atomic E-state index is 0.0993. The van der Waals surface area contributed by atoms with E-state index in [-0.39, 0.29) is 23.9 Å². The van der Waals surface area contributed by atoms with Crippen LogP contribution in [0.15, 0.2) is 29.8 Å². The summed E-state index contributed by atoms with van der Waals surface area (Å²) < 4.78 is 7.29. The van der Waals surface area contributed by atoms with Crippen molar-refractivity contribution in [3.05, 3.63) is 51.1 Å². The predicted molar refractivity (Wildman–Crippen MR) is 76.9 cm³/mol. The van der Waals surface area contributed by atoms with E-state index in [0.29, 0.717) is 16.2 Å². The van der Waals surface area contributed by atoms with Gasteiger partial charge in [0, 0.05) is 17.1 Å². The fourth-order valence-electron chi connectivity index (χ4n) is 2.09. The summed E-state index contributed by atoms with van der Waals surface area (Å²) in [5, 5.41) is 22.5. The van der Waals surface area contributed by atoms with Gasteiger partial charge in [-0.2, -0.15) is 4.98 Å². The zero-order valence-corrected chi connectivity index (χ0v) is 11.8. The Hall–Kier alpha value is -2.45. The van der Waals surface area contributed by atoms with Crippen LogP contribution >= 0.6 is 11.3 Å². The first-order valence-corrected chi connectivity index (χ1v) is 6.97. The molecule has 2 heterocycles. The highest BCUT2D eigenvalue weighted by Gasteiger charge is 2.22. The molecule has 1 aromatic carbocycles. The molecule has 0 aliphatic carbocycles. The molecule has 0 amide bonds. The number of para-hydroxylation sites is 1. The van der Waals surface area contributed by atoms with Crippen LogP contribution in [-0.2, 0) is 6.61 Å². The number of nitro benzene ring substituents is 1. The van der Waals surface area contributed by atoms with Gasteiger partial charge < -0.3 is 9.84 Å². The van der Waals surface area contributed by atoms with E-state index in [2.05, 4.69) is 4.98 Å². The number of hydrogen-bond donors (Lipinski definition) is 1. The molecule has 108 valence electrons. The Balaban J connectivity index is 2.08. The standard InChI is InChI=1S/C13H11N3O4S/c1-8-3-2-4-10(11(8)16(18)19)20-12-9(7-17)15-5-6-21-13(15)14-12/h2-6,17H,7H2,1H3. The molecule has 1 N–H and O–H groups in total. The number of imidazole rings is 1. The van der Waals surface area contributed by atoms with Gasteiger partial charge in [0.15, 0.2) is 4.96 Å². The lowest BCUT2D eigenvalue weighted by Gasteiger charge is -2.06. The van der Waals surface area contributed by atoms with Gasteiger partial charge in [-0.3, -0.25) is 14.5 Å².